The van der Waals surface area contributed by atoms with E-state index in [0.717, 1.165) is 5.69 Å². The Bertz CT molecular complexity index is 929. The molecule has 0 radical (unpaired) electrons. The third-order valence-electron chi connectivity index (χ3n) is 4.30. The molecule has 3 aromatic carbocycles. The minimum atomic E-state index is -0.485. The second-order valence-electron chi connectivity index (χ2n) is 6.49. The van der Waals surface area contributed by atoms with Gasteiger partial charge >= 0.3 is 74.6 Å². The van der Waals surface area contributed by atoms with Crippen LogP contribution in [0, 0.1) is 0 Å². The Morgan fingerprint density at radius 2 is 1.25 bits per heavy atom. The molecular weight excluding hydrogens is 555 g/mol. The van der Waals surface area contributed by atoms with E-state index in [9.17, 15) is 4.79 Å². The van der Waals surface area contributed by atoms with Gasteiger partial charge in [-0.05, 0) is 23.8 Å². The molecule has 171 valence electrons. The summed E-state index contributed by atoms with van der Waals surface area (Å²) < 4.78 is -0.156. The SMILES string of the molecule is Cl.Cl.N[C@@H](Cc1c[nH]cn1)[C](=O)[Pd].c1ccc(P(c2ccccc2)c2ccccc2)cc1. The fourth-order valence-corrected chi connectivity index (χ4v) is 5.34. The van der Waals surface area contributed by atoms with Crippen LogP contribution in [0.1, 0.15) is 5.69 Å². The van der Waals surface area contributed by atoms with E-state index >= 15 is 0 Å². The zero-order valence-corrected chi connectivity index (χ0v) is 21.2. The fraction of sp³-hybridized carbons (Fsp3) is 0.0833. The quantitative estimate of drug-likeness (QED) is 0.271. The van der Waals surface area contributed by atoms with Crippen LogP contribution < -0.4 is 21.6 Å². The second kappa shape index (κ2) is 15.1. The summed E-state index contributed by atoms with van der Waals surface area (Å²) in [6.07, 6.45) is 3.76. The van der Waals surface area contributed by atoms with Gasteiger partial charge in [0.25, 0.3) is 0 Å². The van der Waals surface area contributed by atoms with Gasteiger partial charge in [0.2, 0.25) is 0 Å². The van der Waals surface area contributed by atoms with Gasteiger partial charge in [0, 0.05) is 0 Å². The molecule has 0 unspecified atom stereocenters. The summed E-state index contributed by atoms with van der Waals surface area (Å²) in [6.45, 7) is 0. The minimum absolute atomic E-state index is 0. The molecule has 0 aliphatic rings. The number of rotatable bonds is 6. The van der Waals surface area contributed by atoms with E-state index in [-0.39, 0.29) is 29.1 Å². The number of nitrogens with zero attached hydrogens (tertiary/aromatic N) is 1. The van der Waals surface area contributed by atoms with Gasteiger partial charge in [0.1, 0.15) is 0 Å². The molecule has 32 heavy (non-hydrogen) atoms. The molecule has 4 rings (SSSR count). The van der Waals surface area contributed by atoms with Gasteiger partial charge in [0.15, 0.2) is 0 Å². The van der Waals surface area contributed by atoms with Gasteiger partial charge in [0.05, 0.1) is 0 Å². The number of benzene rings is 3. The summed E-state index contributed by atoms with van der Waals surface area (Å²) in [4.78, 5) is 17.4. The van der Waals surface area contributed by atoms with E-state index < -0.39 is 14.0 Å². The zero-order valence-electron chi connectivity index (χ0n) is 17.1. The number of nitrogens with one attached hydrogen (secondary N) is 1. The summed E-state index contributed by atoms with van der Waals surface area (Å²) in [5.41, 5.74) is 6.27. The van der Waals surface area contributed by atoms with Crippen LogP contribution in [0.4, 0.5) is 0 Å². The average molecular weight is 580 g/mol. The van der Waals surface area contributed by atoms with Crippen molar-refractivity contribution in [1.29, 1.82) is 0 Å². The monoisotopic (exact) mass is 578 g/mol. The number of carbonyl (C=O) groups is 1. The third kappa shape index (κ3) is 8.60. The first-order valence-electron chi connectivity index (χ1n) is 9.50. The Morgan fingerprint density at radius 3 is 1.56 bits per heavy atom. The van der Waals surface area contributed by atoms with Crippen LogP contribution in [0.15, 0.2) is 104 Å². The van der Waals surface area contributed by atoms with Crippen LogP contribution in [-0.4, -0.2) is 20.3 Å². The Labute approximate surface area is 213 Å². The number of halogens is 2. The van der Waals surface area contributed by atoms with E-state index in [0.29, 0.717) is 6.42 Å². The van der Waals surface area contributed by atoms with E-state index in [1.165, 1.54) is 15.9 Å². The van der Waals surface area contributed by atoms with Crippen molar-refractivity contribution < 1.29 is 24.0 Å². The number of hydrogen-bond acceptors (Lipinski definition) is 3. The first-order valence-corrected chi connectivity index (χ1v) is 11.6. The number of nitrogens with two attached hydrogens (primary N) is 1. The molecule has 0 aliphatic carbocycles. The van der Waals surface area contributed by atoms with E-state index in [2.05, 4.69) is 120 Å². The smallest absolute Gasteiger partial charge is 0.0134 e. The molecule has 0 amide bonds. The molecule has 0 spiro atoms. The average Bonchev–Trinajstić information content (AvgIpc) is 3.30. The van der Waals surface area contributed by atoms with Crippen molar-refractivity contribution in [3.8, 4) is 0 Å². The third-order valence-corrected chi connectivity index (χ3v) is 7.32. The Balaban J connectivity index is 0.000000342. The largest absolute Gasteiger partial charge is 0.0622 e. The molecule has 0 fully saturated rings. The van der Waals surface area contributed by atoms with Crippen LogP contribution in [-0.2, 0) is 30.4 Å². The first-order chi connectivity index (χ1) is 14.6. The molecule has 1 aromatic heterocycles. The Kier molecular flexibility index (Phi) is 13.3. The maximum absolute atomic E-state index is 10.6. The Hall–Kier alpha value is -1.83. The van der Waals surface area contributed by atoms with Crippen LogP contribution in [0.3, 0.4) is 0 Å². The standard InChI is InChI=1S/C18H15P.C6H8N3O.2ClH.Pd/c1-4-10-16(11-5-1)19(17-12-6-2-7-13-17)18-14-8-3-9-15-18;7-5(3-10)1-6-2-8-4-9-6;;;/h1-15H;2,4-5H,1,7H2,(H,8,9);2*1H;/t;5-;;;/m.0.../s1. The molecule has 4 aromatic rings. The van der Waals surface area contributed by atoms with Crippen molar-refractivity contribution in [3.63, 3.8) is 0 Å². The van der Waals surface area contributed by atoms with E-state index in [1.54, 1.807) is 12.5 Å². The number of carbonyl (C=O) groups excluding carboxylic acids is 1. The molecule has 0 saturated heterocycles. The summed E-state index contributed by atoms with van der Waals surface area (Å²) >= 11 is 2.52. The van der Waals surface area contributed by atoms with Gasteiger partial charge in [-0.3, -0.25) is 0 Å². The first kappa shape index (κ1) is 28.2. The summed E-state index contributed by atoms with van der Waals surface area (Å²) in [6, 6.07) is 31.8. The van der Waals surface area contributed by atoms with Crippen LogP contribution >= 0.6 is 32.7 Å². The van der Waals surface area contributed by atoms with Gasteiger partial charge in [-0.1, -0.05) is 91.0 Å². The number of aromatic nitrogens is 2. The fourth-order valence-electron chi connectivity index (χ4n) is 2.88. The van der Waals surface area contributed by atoms with Gasteiger partial charge < -0.3 is 0 Å². The number of aromatic amines is 1. The van der Waals surface area contributed by atoms with Gasteiger partial charge in [-0.25, -0.2) is 0 Å². The van der Waals surface area contributed by atoms with E-state index in [4.69, 9.17) is 5.73 Å². The molecule has 8 heteroatoms. The molecular formula is C24H25Cl2N3OPPd. The molecule has 1 heterocycles. The predicted molar refractivity (Wildman–Crippen MR) is 135 cm³/mol. The predicted octanol–water partition coefficient (Wildman–Crippen LogP) is 3.64. The normalized spacial score (nSPS) is 10.8. The van der Waals surface area contributed by atoms with Crippen LogP contribution in [0.2, 0.25) is 0 Å². The van der Waals surface area contributed by atoms with Crippen molar-refractivity contribution in [2.45, 2.75) is 12.5 Å². The molecule has 0 saturated carbocycles. The molecule has 4 nitrogen and oxygen atoms in total. The summed E-state index contributed by atoms with van der Waals surface area (Å²) in [7, 11) is -0.446. The van der Waals surface area contributed by atoms with Crippen molar-refractivity contribution in [2.24, 2.45) is 5.73 Å². The molecule has 3 N–H and O–H groups in total. The zero-order chi connectivity index (χ0) is 21.2. The molecule has 0 aliphatic heterocycles. The second-order valence-corrected chi connectivity index (χ2v) is 9.47. The Morgan fingerprint density at radius 1 is 0.844 bits per heavy atom. The topological polar surface area (TPSA) is 71.8 Å². The van der Waals surface area contributed by atoms with E-state index in [1.807, 2.05) is 0 Å². The number of imidazole rings is 1. The van der Waals surface area contributed by atoms with Crippen molar-refractivity contribution in [2.75, 3.05) is 0 Å². The summed E-state index contributed by atoms with van der Waals surface area (Å²) in [5, 5.41) is 4.19. The number of hydrogen-bond donors (Lipinski definition) is 2. The maximum atomic E-state index is 10.6. The van der Waals surface area contributed by atoms with Gasteiger partial charge in [-0.2, -0.15) is 0 Å². The molecule has 1 atom stereocenters. The molecule has 0 bridgehead atoms. The summed E-state index contributed by atoms with van der Waals surface area (Å²) in [5.74, 6) is 0. The number of H-pyrrole nitrogens is 1. The van der Waals surface area contributed by atoms with Crippen molar-refractivity contribution >= 4 is 52.9 Å². The van der Waals surface area contributed by atoms with Crippen molar-refractivity contribution in [3.05, 3.63) is 109 Å². The van der Waals surface area contributed by atoms with Gasteiger partial charge in [-0.15, -0.1) is 24.8 Å². The van der Waals surface area contributed by atoms with Crippen molar-refractivity contribution in [1.82, 2.24) is 9.97 Å². The van der Waals surface area contributed by atoms with Crippen LogP contribution in [0.25, 0.3) is 0 Å². The maximum Gasteiger partial charge on any atom is -0.0134 e. The van der Waals surface area contributed by atoms with Crippen LogP contribution in [0.5, 0.6) is 0 Å². The minimum Gasteiger partial charge on any atom is -0.0622 e.